The number of aryl methyl sites for hydroxylation is 2. The number of nitrogens with zero attached hydrogens (tertiary/aromatic N) is 3. The van der Waals surface area contributed by atoms with E-state index in [0.29, 0.717) is 10.9 Å². The van der Waals surface area contributed by atoms with Crippen LogP contribution in [0.25, 0.3) is 11.4 Å². The predicted molar refractivity (Wildman–Crippen MR) is 119 cm³/mol. The third kappa shape index (κ3) is 4.52. The summed E-state index contributed by atoms with van der Waals surface area (Å²) in [5, 5.41) is 7.83. The number of carbonyl (C=O) groups is 1. The molecular formula is C23H28N4O2S. The smallest absolute Gasteiger partial charge is 0.209 e. The molecule has 2 aromatic heterocycles. The molecule has 3 heterocycles. The Morgan fingerprint density at radius 3 is 2.80 bits per heavy atom. The van der Waals surface area contributed by atoms with Crippen LogP contribution >= 0.6 is 11.8 Å². The van der Waals surface area contributed by atoms with Gasteiger partial charge in [0.15, 0.2) is 11.6 Å². The van der Waals surface area contributed by atoms with E-state index in [1.54, 1.807) is 0 Å². The number of rotatable bonds is 8. The highest BCUT2D eigenvalue weighted by molar-refractivity contribution is 7.99. The van der Waals surface area contributed by atoms with Crippen molar-refractivity contribution < 1.29 is 9.53 Å². The first-order valence-corrected chi connectivity index (χ1v) is 11.5. The summed E-state index contributed by atoms with van der Waals surface area (Å²) in [6, 6.07) is 10.3. The van der Waals surface area contributed by atoms with Gasteiger partial charge in [-0.1, -0.05) is 43.0 Å². The van der Waals surface area contributed by atoms with E-state index < -0.39 is 0 Å². The quantitative estimate of drug-likeness (QED) is 0.422. The summed E-state index contributed by atoms with van der Waals surface area (Å²) in [6.45, 7) is 7.87. The van der Waals surface area contributed by atoms with Crippen LogP contribution in [-0.2, 0) is 17.7 Å². The van der Waals surface area contributed by atoms with E-state index in [1.807, 2.05) is 25.1 Å². The Kier molecular flexibility index (Phi) is 6.39. The summed E-state index contributed by atoms with van der Waals surface area (Å²) in [4.78, 5) is 17.4. The zero-order valence-electron chi connectivity index (χ0n) is 17.8. The monoisotopic (exact) mass is 424 g/mol. The summed E-state index contributed by atoms with van der Waals surface area (Å²) in [5.74, 6) is 1.14. The molecule has 0 bridgehead atoms. The summed E-state index contributed by atoms with van der Waals surface area (Å²) >= 11 is 1.37. The lowest BCUT2D eigenvalue weighted by Gasteiger charge is -2.14. The molecule has 1 aromatic carbocycles. The number of aromatic nitrogens is 4. The molecule has 1 unspecified atom stereocenters. The largest absolute Gasteiger partial charge is 0.376 e. The third-order valence-corrected chi connectivity index (χ3v) is 6.56. The normalized spacial score (nSPS) is 16.3. The van der Waals surface area contributed by atoms with Crippen LogP contribution in [-0.4, -0.2) is 44.0 Å². The number of thioether (sulfide) groups is 1. The van der Waals surface area contributed by atoms with Crippen LogP contribution in [0.4, 0.5) is 0 Å². The Morgan fingerprint density at radius 1 is 1.30 bits per heavy atom. The summed E-state index contributed by atoms with van der Waals surface area (Å²) in [5.41, 5.74) is 5.18. The van der Waals surface area contributed by atoms with Crippen molar-refractivity contribution >= 4 is 17.5 Å². The highest BCUT2D eigenvalue weighted by Gasteiger charge is 2.21. The minimum absolute atomic E-state index is 0.102. The van der Waals surface area contributed by atoms with Crippen LogP contribution < -0.4 is 0 Å². The molecule has 30 heavy (non-hydrogen) atoms. The Labute approximate surface area is 181 Å². The van der Waals surface area contributed by atoms with E-state index in [4.69, 9.17) is 4.74 Å². The standard InChI is InChI=1S/C23H28N4O2S/c1-4-17-7-9-18(10-8-17)22-24-23(26-25-22)30-14-21(28)20-12-15(2)27(16(20)3)13-19-6-5-11-29-19/h7-10,12,19H,4-6,11,13-14H2,1-3H3,(H,24,25,26). The van der Waals surface area contributed by atoms with Gasteiger partial charge < -0.3 is 9.30 Å². The lowest BCUT2D eigenvalue weighted by Crippen LogP contribution is -2.17. The predicted octanol–water partition coefficient (Wildman–Crippen LogP) is 4.61. The van der Waals surface area contributed by atoms with Crippen LogP contribution in [0.15, 0.2) is 35.5 Å². The summed E-state index contributed by atoms with van der Waals surface area (Å²) < 4.78 is 7.97. The third-order valence-electron chi connectivity index (χ3n) is 5.72. The van der Waals surface area contributed by atoms with Gasteiger partial charge in [0.1, 0.15) is 0 Å². The first-order valence-electron chi connectivity index (χ1n) is 10.5. The lowest BCUT2D eigenvalue weighted by molar-refractivity contribution is 0.0957. The van der Waals surface area contributed by atoms with Crippen LogP contribution in [0.2, 0.25) is 0 Å². The number of Topliss-reactive ketones (excluding diaryl/α,β-unsaturated/α-hetero) is 1. The van der Waals surface area contributed by atoms with Crippen molar-refractivity contribution in [3.63, 3.8) is 0 Å². The van der Waals surface area contributed by atoms with Gasteiger partial charge in [-0.05, 0) is 44.7 Å². The molecule has 1 fully saturated rings. The van der Waals surface area contributed by atoms with Crippen molar-refractivity contribution in [1.82, 2.24) is 19.7 Å². The number of carbonyl (C=O) groups excluding carboxylic acids is 1. The van der Waals surface area contributed by atoms with Crippen molar-refractivity contribution in [2.45, 2.75) is 57.8 Å². The summed E-state index contributed by atoms with van der Waals surface area (Å²) in [6.07, 6.45) is 3.47. The second-order valence-corrected chi connectivity index (χ2v) is 8.70. The van der Waals surface area contributed by atoms with Crippen LogP contribution in [0.3, 0.4) is 0 Å². The minimum Gasteiger partial charge on any atom is -0.376 e. The lowest BCUT2D eigenvalue weighted by atomic mass is 10.1. The number of ether oxygens (including phenoxy) is 1. The maximum absolute atomic E-state index is 12.9. The molecule has 4 rings (SSSR count). The molecule has 0 spiro atoms. The molecule has 3 aromatic rings. The Hall–Kier alpha value is -2.38. The zero-order valence-corrected chi connectivity index (χ0v) is 18.6. The molecule has 1 saturated heterocycles. The second-order valence-electron chi connectivity index (χ2n) is 7.76. The number of nitrogens with one attached hydrogen (secondary N) is 1. The second kappa shape index (κ2) is 9.18. The van der Waals surface area contributed by atoms with Crippen LogP contribution in [0.1, 0.15) is 47.1 Å². The molecule has 7 heteroatoms. The van der Waals surface area contributed by atoms with E-state index in [9.17, 15) is 4.79 Å². The Balaban J connectivity index is 1.39. The zero-order chi connectivity index (χ0) is 21.1. The number of hydrogen-bond donors (Lipinski definition) is 1. The fraction of sp³-hybridized carbons (Fsp3) is 0.435. The van der Waals surface area contributed by atoms with E-state index in [1.165, 1.54) is 17.3 Å². The molecule has 0 aliphatic carbocycles. The molecule has 0 saturated carbocycles. The van der Waals surface area contributed by atoms with Crippen molar-refractivity contribution in [3.8, 4) is 11.4 Å². The molecule has 1 N–H and O–H groups in total. The van der Waals surface area contributed by atoms with E-state index >= 15 is 0 Å². The Morgan fingerprint density at radius 2 is 2.10 bits per heavy atom. The van der Waals surface area contributed by atoms with Crippen molar-refractivity contribution in [1.29, 1.82) is 0 Å². The SMILES string of the molecule is CCc1ccc(-c2nc(SCC(=O)c3cc(C)n(CC4CCCO4)c3C)n[nH]2)cc1. The average Bonchev–Trinajstić information content (AvgIpc) is 3.50. The molecule has 158 valence electrons. The van der Waals surface area contributed by atoms with E-state index in [0.717, 1.165) is 60.8 Å². The van der Waals surface area contributed by atoms with Crippen molar-refractivity contribution in [3.05, 3.63) is 52.8 Å². The van der Waals surface area contributed by atoms with Crippen molar-refractivity contribution in [2.24, 2.45) is 0 Å². The van der Waals surface area contributed by atoms with E-state index in [-0.39, 0.29) is 11.9 Å². The number of benzene rings is 1. The van der Waals surface area contributed by atoms with Gasteiger partial charge in [0.2, 0.25) is 5.16 Å². The molecular weight excluding hydrogens is 396 g/mol. The van der Waals surface area contributed by atoms with Crippen LogP contribution in [0, 0.1) is 13.8 Å². The van der Waals surface area contributed by atoms with Gasteiger partial charge in [-0.15, -0.1) is 5.10 Å². The molecule has 1 aliphatic rings. The van der Waals surface area contributed by atoms with Crippen molar-refractivity contribution in [2.75, 3.05) is 12.4 Å². The number of aromatic amines is 1. The van der Waals surface area contributed by atoms with Gasteiger partial charge in [-0.2, -0.15) is 0 Å². The molecule has 6 nitrogen and oxygen atoms in total. The topological polar surface area (TPSA) is 72.8 Å². The molecule has 1 atom stereocenters. The Bertz CT molecular complexity index is 1020. The maximum atomic E-state index is 12.9. The van der Waals surface area contributed by atoms with E-state index in [2.05, 4.69) is 45.7 Å². The number of hydrogen-bond acceptors (Lipinski definition) is 5. The highest BCUT2D eigenvalue weighted by Crippen LogP contribution is 2.24. The molecule has 0 amide bonds. The molecule has 0 radical (unpaired) electrons. The maximum Gasteiger partial charge on any atom is 0.209 e. The van der Waals surface area contributed by atoms with Crippen LogP contribution in [0.5, 0.6) is 0 Å². The summed E-state index contributed by atoms with van der Waals surface area (Å²) in [7, 11) is 0. The fourth-order valence-corrected chi connectivity index (χ4v) is 4.58. The highest BCUT2D eigenvalue weighted by atomic mass is 32.2. The van der Waals surface area contributed by atoms with Gasteiger partial charge in [-0.25, -0.2) is 4.98 Å². The number of H-pyrrole nitrogens is 1. The first-order chi connectivity index (χ1) is 14.5. The fourth-order valence-electron chi connectivity index (χ4n) is 3.90. The van der Waals surface area contributed by atoms with Gasteiger partial charge in [0.05, 0.1) is 11.9 Å². The molecule has 1 aliphatic heterocycles. The van der Waals surface area contributed by atoms with Gasteiger partial charge in [0.25, 0.3) is 0 Å². The van der Waals surface area contributed by atoms with Gasteiger partial charge in [0, 0.05) is 35.7 Å². The van der Waals surface area contributed by atoms with Gasteiger partial charge in [-0.3, -0.25) is 9.89 Å². The van der Waals surface area contributed by atoms with Gasteiger partial charge >= 0.3 is 0 Å². The first kappa shape index (κ1) is 20.9. The minimum atomic E-state index is 0.102. The number of ketones is 1. The average molecular weight is 425 g/mol.